The van der Waals surface area contributed by atoms with Gasteiger partial charge in [-0.15, -0.1) is 0 Å². The fourth-order valence-corrected chi connectivity index (χ4v) is 3.13. The summed E-state index contributed by atoms with van der Waals surface area (Å²) < 4.78 is 0. The van der Waals surface area contributed by atoms with Crippen molar-refractivity contribution >= 4 is 11.9 Å². The molecule has 0 bridgehead atoms. The van der Waals surface area contributed by atoms with Gasteiger partial charge >= 0.3 is 5.97 Å². The molecule has 26 heavy (non-hydrogen) atoms. The van der Waals surface area contributed by atoms with Gasteiger partial charge in [0.2, 0.25) is 5.91 Å². The van der Waals surface area contributed by atoms with E-state index in [-0.39, 0.29) is 11.3 Å². The van der Waals surface area contributed by atoms with Gasteiger partial charge < -0.3 is 15.7 Å². The number of nitrogens with one attached hydrogen (secondary N) is 2. The number of carboxylic acids is 1. The maximum atomic E-state index is 12.0. The van der Waals surface area contributed by atoms with Crippen molar-refractivity contribution in [3.05, 3.63) is 34.6 Å². The predicted octanol–water partition coefficient (Wildman–Crippen LogP) is 3.93. The van der Waals surface area contributed by atoms with Crippen LogP contribution in [0.1, 0.15) is 67.7 Å². The Bertz CT molecular complexity index is 642. The molecule has 0 fully saturated rings. The lowest BCUT2D eigenvalue weighted by molar-refractivity contribution is -0.141. The summed E-state index contributed by atoms with van der Waals surface area (Å²) >= 11 is 0. The Morgan fingerprint density at radius 1 is 1.15 bits per heavy atom. The highest BCUT2D eigenvalue weighted by atomic mass is 16.4. The minimum atomic E-state index is -1.05. The molecule has 0 aliphatic heterocycles. The standard InChI is InChI=1S/C21H34N2O3/c1-13-9-8-10-21(6,7)18(13)11-14(2)15(3)12-22-16(4)19(24)23-17(5)20(25)26/h11-12,16-17,22H,8-10H2,1-7H3,(H,23,24)(H,25,26)/b14-11+,15-12+/t16-,17?/m0/s1. The van der Waals surface area contributed by atoms with Crippen molar-refractivity contribution in [2.45, 2.75) is 79.8 Å². The van der Waals surface area contributed by atoms with Gasteiger partial charge in [0, 0.05) is 6.20 Å². The molecule has 0 aromatic rings. The summed E-state index contributed by atoms with van der Waals surface area (Å²) in [6.45, 7) is 14.1. The largest absolute Gasteiger partial charge is 0.480 e. The molecule has 0 radical (unpaired) electrons. The lowest BCUT2D eigenvalue weighted by Crippen LogP contribution is -2.46. The van der Waals surface area contributed by atoms with Crippen LogP contribution in [0.4, 0.5) is 0 Å². The van der Waals surface area contributed by atoms with Gasteiger partial charge in [-0.05, 0) is 76.0 Å². The van der Waals surface area contributed by atoms with E-state index in [1.165, 1.54) is 30.9 Å². The molecule has 1 amide bonds. The van der Waals surface area contributed by atoms with E-state index < -0.39 is 18.1 Å². The molecule has 0 spiro atoms. The lowest BCUT2D eigenvalue weighted by Gasteiger charge is -2.33. The second-order valence-corrected chi connectivity index (χ2v) is 8.04. The van der Waals surface area contributed by atoms with Gasteiger partial charge in [0.1, 0.15) is 12.1 Å². The maximum Gasteiger partial charge on any atom is 0.325 e. The Morgan fingerprint density at radius 2 is 1.77 bits per heavy atom. The molecule has 0 heterocycles. The Kier molecular flexibility index (Phi) is 7.67. The van der Waals surface area contributed by atoms with Crippen LogP contribution < -0.4 is 10.6 Å². The summed E-state index contributed by atoms with van der Waals surface area (Å²) in [4.78, 5) is 22.8. The third kappa shape index (κ3) is 6.04. The summed E-state index contributed by atoms with van der Waals surface area (Å²) in [5, 5.41) is 14.4. The topological polar surface area (TPSA) is 78.4 Å². The van der Waals surface area contributed by atoms with E-state index in [2.05, 4.69) is 44.4 Å². The highest BCUT2D eigenvalue weighted by Gasteiger charge is 2.27. The Hall–Kier alpha value is -2.04. The van der Waals surface area contributed by atoms with Gasteiger partial charge in [-0.3, -0.25) is 9.59 Å². The third-order valence-electron chi connectivity index (χ3n) is 5.20. The van der Waals surface area contributed by atoms with Crippen LogP contribution in [0.15, 0.2) is 34.6 Å². The molecule has 0 saturated heterocycles. The Morgan fingerprint density at radius 3 is 2.31 bits per heavy atom. The van der Waals surface area contributed by atoms with Crippen molar-refractivity contribution < 1.29 is 14.7 Å². The van der Waals surface area contributed by atoms with Gasteiger partial charge in [-0.1, -0.05) is 25.5 Å². The summed E-state index contributed by atoms with van der Waals surface area (Å²) in [5.74, 6) is -1.38. The first-order valence-corrected chi connectivity index (χ1v) is 9.30. The molecule has 1 aliphatic rings. The van der Waals surface area contributed by atoms with E-state index in [1.54, 1.807) is 6.92 Å². The molecule has 2 atom stereocenters. The number of hydrogen-bond donors (Lipinski definition) is 3. The fraction of sp³-hybridized carbons (Fsp3) is 0.619. The minimum absolute atomic E-state index is 0.192. The molecule has 0 aromatic heterocycles. The smallest absolute Gasteiger partial charge is 0.325 e. The Labute approximate surface area is 157 Å². The van der Waals surface area contributed by atoms with Crippen LogP contribution >= 0.6 is 0 Å². The van der Waals surface area contributed by atoms with E-state index in [4.69, 9.17) is 5.11 Å². The van der Waals surface area contributed by atoms with Crippen LogP contribution in [-0.4, -0.2) is 29.1 Å². The van der Waals surface area contributed by atoms with Crippen LogP contribution in [0, 0.1) is 5.41 Å². The zero-order valence-corrected chi connectivity index (χ0v) is 17.2. The Balaban J connectivity index is 2.80. The number of rotatable bonds is 7. The number of allylic oxidation sites excluding steroid dienone is 5. The van der Waals surface area contributed by atoms with Crippen LogP contribution in [0.3, 0.4) is 0 Å². The summed E-state index contributed by atoms with van der Waals surface area (Å²) in [6, 6.07) is -1.41. The number of aliphatic carboxylic acids is 1. The van der Waals surface area contributed by atoms with E-state index in [0.29, 0.717) is 0 Å². The number of hydrogen-bond acceptors (Lipinski definition) is 3. The first kappa shape index (κ1) is 22.0. The van der Waals surface area contributed by atoms with Crippen molar-refractivity contribution in [1.29, 1.82) is 0 Å². The zero-order chi connectivity index (χ0) is 20.1. The number of carboxylic acid groups (broad SMARTS) is 1. The summed E-state index contributed by atoms with van der Waals surface area (Å²) in [5.41, 5.74) is 5.27. The van der Waals surface area contributed by atoms with E-state index in [1.807, 2.05) is 13.1 Å². The molecule has 3 N–H and O–H groups in total. The average molecular weight is 363 g/mol. The maximum absolute atomic E-state index is 12.0. The van der Waals surface area contributed by atoms with E-state index in [0.717, 1.165) is 17.6 Å². The molecule has 5 nitrogen and oxygen atoms in total. The van der Waals surface area contributed by atoms with E-state index >= 15 is 0 Å². The lowest BCUT2D eigenvalue weighted by atomic mass is 9.72. The van der Waals surface area contributed by atoms with Gasteiger partial charge in [0.05, 0.1) is 0 Å². The monoisotopic (exact) mass is 362 g/mol. The predicted molar refractivity (Wildman–Crippen MR) is 106 cm³/mol. The molecule has 0 saturated carbocycles. The molecule has 5 heteroatoms. The SMILES string of the molecule is CC1=C(/C=C(C)/C(C)=C/N[C@@H](C)C(=O)NC(C)C(=O)O)C(C)(C)CCC1. The molecule has 0 aromatic carbocycles. The van der Waals surface area contributed by atoms with Crippen molar-refractivity contribution in [3.63, 3.8) is 0 Å². The fourth-order valence-electron chi connectivity index (χ4n) is 3.13. The second-order valence-electron chi connectivity index (χ2n) is 8.04. The molecule has 146 valence electrons. The molecule has 1 unspecified atom stereocenters. The van der Waals surface area contributed by atoms with Crippen LogP contribution in [0.2, 0.25) is 0 Å². The molecular weight excluding hydrogens is 328 g/mol. The summed E-state index contributed by atoms with van der Waals surface area (Å²) in [7, 11) is 0. The van der Waals surface area contributed by atoms with Crippen LogP contribution in [-0.2, 0) is 9.59 Å². The third-order valence-corrected chi connectivity index (χ3v) is 5.20. The molecule has 1 rings (SSSR count). The van der Waals surface area contributed by atoms with Gasteiger partial charge in [-0.25, -0.2) is 0 Å². The number of amides is 1. The van der Waals surface area contributed by atoms with Gasteiger partial charge in [0.25, 0.3) is 0 Å². The second kappa shape index (κ2) is 9.06. The highest BCUT2D eigenvalue weighted by Crippen LogP contribution is 2.41. The highest BCUT2D eigenvalue weighted by molar-refractivity contribution is 5.86. The number of carbonyl (C=O) groups excluding carboxylic acids is 1. The van der Waals surface area contributed by atoms with Crippen molar-refractivity contribution in [3.8, 4) is 0 Å². The quantitative estimate of drug-likeness (QED) is 0.600. The van der Waals surface area contributed by atoms with Gasteiger partial charge in [0.15, 0.2) is 0 Å². The first-order valence-electron chi connectivity index (χ1n) is 9.30. The minimum Gasteiger partial charge on any atom is -0.480 e. The van der Waals surface area contributed by atoms with Gasteiger partial charge in [-0.2, -0.15) is 0 Å². The average Bonchev–Trinajstić information content (AvgIpc) is 2.54. The summed E-state index contributed by atoms with van der Waals surface area (Å²) in [6.07, 6.45) is 7.69. The normalized spacial score (nSPS) is 20.4. The van der Waals surface area contributed by atoms with Crippen molar-refractivity contribution in [2.24, 2.45) is 5.41 Å². The van der Waals surface area contributed by atoms with Crippen molar-refractivity contribution in [2.75, 3.05) is 0 Å². The van der Waals surface area contributed by atoms with Crippen molar-refractivity contribution in [1.82, 2.24) is 10.6 Å². The zero-order valence-electron chi connectivity index (χ0n) is 17.2. The van der Waals surface area contributed by atoms with Crippen LogP contribution in [0.5, 0.6) is 0 Å². The first-order chi connectivity index (χ1) is 12.0. The number of carbonyl (C=O) groups is 2. The van der Waals surface area contributed by atoms with E-state index in [9.17, 15) is 9.59 Å². The molecule has 1 aliphatic carbocycles. The molecular formula is C21H34N2O3. The van der Waals surface area contributed by atoms with Crippen LogP contribution in [0.25, 0.3) is 0 Å².